The van der Waals surface area contributed by atoms with Crippen molar-refractivity contribution in [3.8, 4) is 0 Å². The zero-order valence-corrected chi connectivity index (χ0v) is 18.1. The van der Waals surface area contributed by atoms with Crippen molar-refractivity contribution >= 4 is 24.5 Å². The first-order valence-electron chi connectivity index (χ1n) is 11.0. The fraction of sp³-hybridized carbons (Fsp3) is 0.727. The molecule has 1 aromatic heterocycles. The van der Waals surface area contributed by atoms with Gasteiger partial charge in [0.15, 0.2) is 7.28 Å². The van der Waals surface area contributed by atoms with Gasteiger partial charge in [0.05, 0.1) is 5.71 Å². The Hall–Kier alpha value is -1.76. The second-order valence-electron chi connectivity index (χ2n) is 9.23. The summed E-state index contributed by atoms with van der Waals surface area (Å²) in [5.41, 5.74) is 6.38. The minimum Gasteiger partial charge on any atom is -0.396 e. The molecule has 1 radical (unpaired) electrons. The van der Waals surface area contributed by atoms with Crippen molar-refractivity contribution in [3.63, 3.8) is 0 Å². The van der Waals surface area contributed by atoms with Crippen molar-refractivity contribution in [2.45, 2.75) is 78.5 Å². The molecule has 1 aliphatic carbocycles. The van der Waals surface area contributed by atoms with E-state index in [0.29, 0.717) is 18.4 Å². The number of oxime groups is 1. The summed E-state index contributed by atoms with van der Waals surface area (Å²) in [7, 11) is 2.12. The van der Waals surface area contributed by atoms with Gasteiger partial charge in [-0.25, -0.2) is 5.48 Å². The van der Waals surface area contributed by atoms with Crippen LogP contribution in [-0.2, 0) is 16.1 Å². The average molecular weight is 400 g/mol. The van der Waals surface area contributed by atoms with Gasteiger partial charge in [0.25, 0.3) is 0 Å². The quantitative estimate of drug-likeness (QED) is 0.372. The summed E-state index contributed by atoms with van der Waals surface area (Å²) in [5.74, 6) is 0.873. The van der Waals surface area contributed by atoms with Crippen LogP contribution in [0, 0.1) is 24.2 Å². The predicted octanol–water partition coefficient (Wildman–Crippen LogP) is 3.51. The lowest BCUT2D eigenvalue weighted by Gasteiger charge is -2.35. The highest BCUT2D eigenvalue weighted by Crippen LogP contribution is 2.40. The molecule has 1 fully saturated rings. The van der Waals surface area contributed by atoms with Crippen LogP contribution in [0.2, 0.25) is 6.82 Å². The zero-order chi connectivity index (χ0) is 20.9. The maximum absolute atomic E-state index is 11.8. The van der Waals surface area contributed by atoms with Crippen molar-refractivity contribution in [2.24, 2.45) is 22.4 Å². The van der Waals surface area contributed by atoms with E-state index in [0.717, 1.165) is 57.8 Å². The van der Waals surface area contributed by atoms with Crippen LogP contribution in [-0.4, -0.2) is 35.7 Å². The number of nitrogens with one attached hydrogen (secondary N) is 2. The van der Waals surface area contributed by atoms with Crippen molar-refractivity contribution in [1.29, 1.82) is 0 Å². The SMILES string of the molecule is C[B]c1[nH]c(CC2CCC(CCC3CCC(C)(C(=O)NO)CC3)=NOC2)cc1C. The summed E-state index contributed by atoms with van der Waals surface area (Å²) in [6, 6.07) is 2.25. The molecule has 1 atom stereocenters. The van der Waals surface area contributed by atoms with E-state index in [-0.39, 0.29) is 5.91 Å². The molecule has 3 N–H and O–H groups in total. The van der Waals surface area contributed by atoms with Crippen LogP contribution in [0.1, 0.15) is 69.5 Å². The molecular formula is C22H35BN3O3. The molecule has 7 heteroatoms. The number of hydrogen-bond acceptors (Lipinski definition) is 4. The fourth-order valence-corrected chi connectivity index (χ4v) is 4.77. The number of aromatic nitrogens is 1. The van der Waals surface area contributed by atoms with E-state index in [2.05, 4.69) is 37.2 Å². The molecule has 3 rings (SSSR count). The highest BCUT2D eigenvalue weighted by molar-refractivity contribution is 6.51. The lowest BCUT2D eigenvalue weighted by molar-refractivity contribution is -0.141. The standard InChI is InChI=1S/C22H35BN3O3/c1-15-12-19(24-20(15)23-3)13-17-5-7-18(26-29-14-17)6-4-16-8-10-22(2,11-9-16)21(27)25-28/h12,16-17,24,28H,4-11,13-14H2,1-3H3,(H,25,27). The highest BCUT2D eigenvalue weighted by Gasteiger charge is 2.37. The molecule has 1 saturated carbocycles. The Morgan fingerprint density at radius 2 is 2.14 bits per heavy atom. The van der Waals surface area contributed by atoms with Gasteiger partial charge in [-0.05, 0) is 87.9 Å². The van der Waals surface area contributed by atoms with E-state index in [4.69, 9.17) is 10.0 Å². The smallest absolute Gasteiger partial charge is 0.249 e. The van der Waals surface area contributed by atoms with E-state index in [1.165, 1.54) is 22.6 Å². The number of carbonyl (C=O) groups excluding carboxylic acids is 1. The first-order chi connectivity index (χ1) is 13.9. The molecule has 29 heavy (non-hydrogen) atoms. The van der Waals surface area contributed by atoms with Gasteiger partial charge in [-0.15, -0.1) is 0 Å². The summed E-state index contributed by atoms with van der Waals surface area (Å²) in [5, 5.41) is 13.3. The summed E-state index contributed by atoms with van der Waals surface area (Å²) in [6.45, 7) is 6.84. The third-order valence-corrected chi connectivity index (χ3v) is 6.95. The Labute approximate surface area is 175 Å². The molecule has 0 saturated heterocycles. The lowest BCUT2D eigenvalue weighted by Crippen LogP contribution is -2.40. The topological polar surface area (TPSA) is 86.7 Å². The first-order valence-corrected chi connectivity index (χ1v) is 11.0. The van der Waals surface area contributed by atoms with Crippen molar-refractivity contribution in [1.82, 2.24) is 10.5 Å². The molecular weight excluding hydrogens is 365 g/mol. The summed E-state index contributed by atoms with van der Waals surface area (Å²) < 4.78 is 0. The molecule has 6 nitrogen and oxygen atoms in total. The largest absolute Gasteiger partial charge is 0.396 e. The average Bonchev–Trinajstić information content (AvgIpc) is 2.93. The molecule has 159 valence electrons. The second-order valence-corrected chi connectivity index (χ2v) is 9.23. The van der Waals surface area contributed by atoms with Gasteiger partial charge in [0.1, 0.15) is 6.61 Å². The number of hydrogen-bond donors (Lipinski definition) is 3. The molecule has 1 aliphatic heterocycles. The summed E-state index contributed by atoms with van der Waals surface area (Å²) in [6.07, 6.45) is 8.95. The van der Waals surface area contributed by atoms with Crippen LogP contribution in [0.4, 0.5) is 0 Å². The van der Waals surface area contributed by atoms with Crippen molar-refractivity contribution in [3.05, 3.63) is 17.3 Å². The van der Waals surface area contributed by atoms with E-state index < -0.39 is 5.41 Å². The first kappa shape index (κ1) is 21.9. The normalized spacial score (nSPS) is 27.5. The number of carbonyl (C=O) groups is 1. The maximum Gasteiger partial charge on any atom is 0.249 e. The van der Waals surface area contributed by atoms with Gasteiger partial charge in [-0.1, -0.05) is 18.9 Å². The second kappa shape index (κ2) is 9.83. The maximum atomic E-state index is 11.8. The molecule has 1 amide bonds. The number of rotatable bonds is 7. The van der Waals surface area contributed by atoms with Crippen LogP contribution in [0.15, 0.2) is 11.2 Å². The molecule has 1 aromatic rings. The fourth-order valence-electron chi connectivity index (χ4n) is 4.77. The molecule has 2 heterocycles. The molecule has 0 spiro atoms. The van der Waals surface area contributed by atoms with Crippen LogP contribution in [0.3, 0.4) is 0 Å². The molecule has 0 aromatic carbocycles. The van der Waals surface area contributed by atoms with Crippen molar-refractivity contribution in [2.75, 3.05) is 6.61 Å². The van der Waals surface area contributed by atoms with Gasteiger partial charge in [0.2, 0.25) is 5.91 Å². The zero-order valence-electron chi connectivity index (χ0n) is 18.1. The molecule has 0 bridgehead atoms. The van der Waals surface area contributed by atoms with Crippen LogP contribution >= 0.6 is 0 Å². The number of aromatic amines is 1. The monoisotopic (exact) mass is 400 g/mol. The number of amides is 1. The van der Waals surface area contributed by atoms with Crippen LogP contribution in [0.5, 0.6) is 0 Å². The third-order valence-electron chi connectivity index (χ3n) is 6.95. The van der Waals surface area contributed by atoms with Gasteiger partial charge < -0.3 is 9.82 Å². The van der Waals surface area contributed by atoms with Gasteiger partial charge in [-0.2, -0.15) is 0 Å². The van der Waals surface area contributed by atoms with Crippen molar-refractivity contribution < 1.29 is 14.8 Å². The van der Waals surface area contributed by atoms with E-state index >= 15 is 0 Å². The summed E-state index contributed by atoms with van der Waals surface area (Å²) in [4.78, 5) is 21.0. The minimum atomic E-state index is -0.424. The Balaban J connectivity index is 1.41. The highest BCUT2D eigenvalue weighted by atomic mass is 16.6. The number of H-pyrrole nitrogens is 1. The Morgan fingerprint density at radius 1 is 1.38 bits per heavy atom. The Bertz CT molecular complexity index is 723. The van der Waals surface area contributed by atoms with Gasteiger partial charge in [0, 0.05) is 17.0 Å². The van der Waals surface area contributed by atoms with E-state index in [1.807, 2.05) is 12.4 Å². The van der Waals surface area contributed by atoms with Gasteiger partial charge >= 0.3 is 0 Å². The summed E-state index contributed by atoms with van der Waals surface area (Å²) >= 11 is 0. The van der Waals surface area contributed by atoms with E-state index in [1.54, 1.807) is 0 Å². The van der Waals surface area contributed by atoms with Gasteiger partial charge in [-0.3, -0.25) is 10.0 Å². The number of hydroxylamine groups is 1. The van der Waals surface area contributed by atoms with Crippen LogP contribution < -0.4 is 11.1 Å². The predicted molar refractivity (Wildman–Crippen MR) is 116 cm³/mol. The Kier molecular flexibility index (Phi) is 7.44. The minimum absolute atomic E-state index is 0.246. The van der Waals surface area contributed by atoms with E-state index in [9.17, 15) is 4.79 Å². The number of aryl methyl sites for hydroxylation is 1. The molecule has 1 unspecified atom stereocenters. The Morgan fingerprint density at radius 3 is 2.79 bits per heavy atom. The lowest BCUT2D eigenvalue weighted by atomic mass is 9.70. The third kappa shape index (κ3) is 5.65. The van der Waals surface area contributed by atoms with Crippen LogP contribution in [0.25, 0.3) is 0 Å². The number of nitrogens with zero attached hydrogens (tertiary/aromatic N) is 1. The molecule has 2 aliphatic rings.